The highest BCUT2D eigenvalue weighted by atomic mass is 16.3. The van der Waals surface area contributed by atoms with Crippen LogP contribution in [0.25, 0.3) is 0 Å². The lowest BCUT2D eigenvalue weighted by atomic mass is 10.0. The molecule has 0 radical (unpaired) electrons. The minimum atomic E-state index is -0.137. The summed E-state index contributed by atoms with van der Waals surface area (Å²) in [6.07, 6.45) is 1.72. The maximum Gasteiger partial charge on any atom is 0.270 e. The lowest BCUT2D eigenvalue weighted by molar-refractivity contribution is -0.119. The molecule has 1 aliphatic heterocycles. The minimum Gasteiger partial charge on any atom is -0.466 e. The number of amides is 2. The van der Waals surface area contributed by atoms with Gasteiger partial charge in [0.15, 0.2) is 0 Å². The summed E-state index contributed by atoms with van der Waals surface area (Å²) in [4.78, 5) is 28.6. The molecule has 2 aromatic heterocycles. The standard InChI is InChI=1S/C16H19N3O3/c1-10-5-6-15(22-10)12-8-19(9-14(12)18-11(2)20)16(21)13-4-3-7-17-13/h3-7,12,14,17H,8-9H2,1-2H3,(H,18,20)/t12-,14-/m1/s1. The lowest BCUT2D eigenvalue weighted by Gasteiger charge is -2.16. The van der Waals surface area contributed by atoms with Crippen LogP contribution in [0.15, 0.2) is 34.9 Å². The fourth-order valence-corrected chi connectivity index (χ4v) is 2.95. The molecule has 22 heavy (non-hydrogen) atoms. The SMILES string of the molecule is CC(=O)N[C@@H]1CN(C(=O)c2ccc[nH]2)C[C@H]1c1ccc(C)o1. The van der Waals surface area contributed by atoms with E-state index in [4.69, 9.17) is 4.42 Å². The second-order valence-corrected chi connectivity index (χ2v) is 5.66. The van der Waals surface area contributed by atoms with Crippen molar-refractivity contribution in [1.82, 2.24) is 15.2 Å². The molecule has 2 N–H and O–H groups in total. The van der Waals surface area contributed by atoms with Crippen molar-refractivity contribution in [2.24, 2.45) is 0 Å². The summed E-state index contributed by atoms with van der Waals surface area (Å²) in [5, 5.41) is 2.93. The van der Waals surface area contributed by atoms with Crippen LogP contribution in [0, 0.1) is 6.92 Å². The highest BCUT2D eigenvalue weighted by Crippen LogP contribution is 2.30. The molecule has 2 aromatic rings. The van der Waals surface area contributed by atoms with Gasteiger partial charge in [-0.15, -0.1) is 0 Å². The summed E-state index contributed by atoms with van der Waals surface area (Å²) in [6, 6.07) is 7.22. The number of rotatable bonds is 3. The quantitative estimate of drug-likeness (QED) is 0.905. The monoisotopic (exact) mass is 301 g/mol. The van der Waals surface area contributed by atoms with Crippen LogP contribution >= 0.6 is 0 Å². The summed E-state index contributed by atoms with van der Waals surface area (Å²) in [6.45, 7) is 4.37. The van der Waals surface area contributed by atoms with E-state index >= 15 is 0 Å². The number of carbonyl (C=O) groups excluding carboxylic acids is 2. The number of carbonyl (C=O) groups is 2. The van der Waals surface area contributed by atoms with Gasteiger partial charge in [-0.25, -0.2) is 0 Å². The van der Waals surface area contributed by atoms with Crippen LogP contribution in [0.3, 0.4) is 0 Å². The summed E-state index contributed by atoms with van der Waals surface area (Å²) < 4.78 is 5.70. The molecule has 2 amide bonds. The number of aryl methyl sites for hydroxylation is 1. The van der Waals surface area contributed by atoms with Crippen LogP contribution < -0.4 is 5.32 Å². The fraction of sp³-hybridized carbons (Fsp3) is 0.375. The third-order valence-electron chi connectivity index (χ3n) is 3.95. The molecule has 0 unspecified atom stereocenters. The Labute approximate surface area is 128 Å². The van der Waals surface area contributed by atoms with Crippen molar-refractivity contribution in [2.75, 3.05) is 13.1 Å². The third kappa shape index (κ3) is 2.77. The van der Waals surface area contributed by atoms with E-state index in [1.807, 2.05) is 19.1 Å². The Balaban J connectivity index is 1.82. The minimum absolute atomic E-state index is 0.0310. The number of hydrogen-bond donors (Lipinski definition) is 2. The second-order valence-electron chi connectivity index (χ2n) is 5.66. The molecule has 3 heterocycles. The number of furan rings is 1. The molecular formula is C16H19N3O3. The van der Waals surface area contributed by atoms with E-state index in [0.717, 1.165) is 11.5 Å². The number of nitrogens with zero attached hydrogens (tertiary/aromatic N) is 1. The molecule has 1 fully saturated rings. The topological polar surface area (TPSA) is 78.3 Å². The first kappa shape index (κ1) is 14.4. The maximum absolute atomic E-state index is 12.5. The van der Waals surface area contributed by atoms with Gasteiger partial charge in [0.2, 0.25) is 5.91 Å². The van der Waals surface area contributed by atoms with Gasteiger partial charge in [0.05, 0.1) is 12.0 Å². The van der Waals surface area contributed by atoms with Crippen LogP contribution in [0.2, 0.25) is 0 Å². The first-order valence-corrected chi connectivity index (χ1v) is 7.30. The van der Waals surface area contributed by atoms with E-state index < -0.39 is 0 Å². The number of nitrogens with one attached hydrogen (secondary N) is 2. The molecule has 0 aromatic carbocycles. The second kappa shape index (κ2) is 5.71. The molecule has 6 heteroatoms. The van der Waals surface area contributed by atoms with Gasteiger partial charge in [-0.1, -0.05) is 0 Å². The van der Waals surface area contributed by atoms with Gasteiger partial charge < -0.3 is 19.6 Å². The van der Waals surface area contributed by atoms with Crippen molar-refractivity contribution in [3.8, 4) is 0 Å². The molecule has 1 saturated heterocycles. The Morgan fingerprint density at radius 2 is 2.14 bits per heavy atom. The molecule has 0 saturated carbocycles. The Kier molecular flexibility index (Phi) is 3.75. The highest BCUT2D eigenvalue weighted by molar-refractivity contribution is 5.92. The van der Waals surface area contributed by atoms with E-state index in [-0.39, 0.29) is 23.8 Å². The van der Waals surface area contributed by atoms with Crippen LogP contribution in [0.5, 0.6) is 0 Å². The first-order valence-electron chi connectivity index (χ1n) is 7.30. The predicted octanol–water partition coefficient (Wildman–Crippen LogP) is 1.66. The van der Waals surface area contributed by atoms with Crippen molar-refractivity contribution >= 4 is 11.8 Å². The molecule has 0 bridgehead atoms. The van der Waals surface area contributed by atoms with E-state index in [1.165, 1.54) is 6.92 Å². The average molecular weight is 301 g/mol. The van der Waals surface area contributed by atoms with Crippen LogP contribution in [-0.2, 0) is 4.79 Å². The van der Waals surface area contributed by atoms with Gasteiger partial charge in [-0.3, -0.25) is 9.59 Å². The molecule has 3 rings (SSSR count). The Morgan fingerprint density at radius 1 is 1.32 bits per heavy atom. The van der Waals surface area contributed by atoms with Gasteiger partial charge in [-0.05, 0) is 31.2 Å². The molecule has 2 atom stereocenters. The molecule has 116 valence electrons. The smallest absolute Gasteiger partial charge is 0.270 e. The number of hydrogen-bond acceptors (Lipinski definition) is 3. The maximum atomic E-state index is 12.5. The zero-order valence-electron chi connectivity index (χ0n) is 12.6. The van der Waals surface area contributed by atoms with Crippen molar-refractivity contribution in [2.45, 2.75) is 25.8 Å². The largest absolute Gasteiger partial charge is 0.466 e. The van der Waals surface area contributed by atoms with Crippen molar-refractivity contribution < 1.29 is 14.0 Å². The van der Waals surface area contributed by atoms with E-state index in [1.54, 1.807) is 23.2 Å². The van der Waals surface area contributed by atoms with E-state index in [2.05, 4.69) is 10.3 Å². The highest BCUT2D eigenvalue weighted by Gasteiger charge is 2.38. The van der Waals surface area contributed by atoms with Gasteiger partial charge >= 0.3 is 0 Å². The molecule has 0 spiro atoms. The van der Waals surface area contributed by atoms with Gasteiger partial charge in [-0.2, -0.15) is 0 Å². The predicted molar refractivity (Wildman–Crippen MR) is 80.5 cm³/mol. The van der Waals surface area contributed by atoms with E-state index in [9.17, 15) is 9.59 Å². The van der Waals surface area contributed by atoms with Crippen molar-refractivity contribution in [3.05, 3.63) is 47.7 Å². The van der Waals surface area contributed by atoms with Crippen molar-refractivity contribution in [1.29, 1.82) is 0 Å². The third-order valence-corrected chi connectivity index (χ3v) is 3.95. The number of aromatic nitrogens is 1. The Morgan fingerprint density at radius 3 is 2.73 bits per heavy atom. The number of H-pyrrole nitrogens is 1. The first-order chi connectivity index (χ1) is 10.5. The Hall–Kier alpha value is -2.50. The number of aromatic amines is 1. The summed E-state index contributed by atoms with van der Waals surface area (Å²) in [5.41, 5.74) is 0.554. The zero-order chi connectivity index (χ0) is 15.7. The van der Waals surface area contributed by atoms with Gasteiger partial charge in [0.1, 0.15) is 17.2 Å². The van der Waals surface area contributed by atoms with Gasteiger partial charge in [0, 0.05) is 26.2 Å². The fourth-order valence-electron chi connectivity index (χ4n) is 2.95. The molecule has 6 nitrogen and oxygen atoms in total. The zero-order valence-corrected chi connectivity index (χ0v) is 12.6. The van der Waals surface area contributed by atoms with Crippen LogP contribution in [0.4, 0.5) is 0 Å². The molecule has 1 aliphatic rings. The van der Waals surface area contributed by atoms with Crippen LogP contribution in [0.1, 0.15) is 34.9 Å². The van der Waals surface area contributed by atoms with Crippen LogP contribution in [-0.4, -0.2) is 40.8 Å². The summed E-state index contributed by atoms with van der Waals surface area (Å²) >= 11 is 0. The molecular weight excluding hydrogens is 282 g/mol. The average Bonchev–Trinajstić information content (AvgIpc) is 3.17. The van der Waals surface area contributed by atoms with Crippen molar-refractivity contribution in [3.63, 3.8) is 0 Å². The summed E-state index contributed by atoms with van der Waals surface area (Å²) in [5.74, 6) is 1.43. The van der Waals surface area contributed by atoms with E-state index in [0.29, 0.717) is 18.8 Å². The lowest BCUT2D eigenvalue weighted by Crippen LogP contribution is -2.39. The molecule has 0 aliphatic carbocycles. The number of likely N-dealkylation sites (tertiary alicyclic amines) is 1. The Bertz CT molecular complexity index is 675. The summed E-state index contributed by atoms with van der Waals surface area (Å²) in [7, 11) is 0. The normalized spacial score (nSPS) is 21.1. The van der Waals surface area contributed by atoms with Gasteiger partial charge in [0.25, 0.3) is 5.91 Å².